The molecule has 3 unspecified atom stereocenters. The highest BCUT2D eigenvalue weighted by molar-refractivity contribution is 5.33. The normalized spacial score (nSPS) is 26.0. The van der Waals surface area contributed by atoms with Gasteiger partial charge in [0.1, 0.15) is 0 Å². The van der Waals surface area contributed by atoms with Crippen LogP contribution in [0, 0.1) is 11.7 Å². The zero-order valence-corrected chi connectivity index (χ0v) is 12.1. The molecule has 1 aliphatic carbocycles. The fourth-order valence-electron chi connectivity index (χ4n) is 3.14. The van der Waals surface area contributed by atoms with Crippen molar-refractivity contribution in [3.05, 3.63) is 29.6 Å². The largest absolute Gasteiger partial charge is 0.494 e. The summed E-state index contributed by atoms with van der Waals surface area (Å²) in [5.74, 6) is 1.19. The summed E-state index contributed by atoms with van der Waals surface area (Å²) in [6.07, 6.45) is 3.42. The van der Waals surface area contributed by atoms with Crippen LogP contribution in [0.15, 0.2) is 18.2 Å². The summed E-state index contributed by atoms with van der Waals surface area (Å²) >= 11 is 0. The molecule has 1 aliphatic rings. The predicted molar refractivity (Wildman–Crippen MR) is 76.2 cm³/mol. The molecule has 0 bridgehead atoms. The number of hydrogen-bond acceptors (Lipinski definition) is 2. The van der Waals surface area contributed by atoms with Crippen LogP contribution in [0.1, 0.15) is 44.6 Å². The van der Waals surface area contributed by atoms with Gasteiger partial charge in [-0.3, -0.25) is 0 Å². The molecule has 0 aromatic heterocycles. The molecule has 0 aliphatic heterocycles. The van der Waals surface area contributed by atoms with Gasteiger partial charge in [-0.15, -0.1) is 0 Å². The molecule has 19 heavy (non-hydrogen) atoms. The standard InChI is InChI=1S/C16H24FNO/c1-4-8-18-15-10-13(12(15)5-2)11-6-7-16(19-3)14(17)9-11/h6-7,9,12-13,15,18H,4-5,8,10H2,1-3H3. The molecule has 2 nitrogen and oxygen atoms in total. The molecule has 1 N–H and O–H groups in total. The summed E-state index contributed by atoms with van der Waals surface area (Å²) < 4.78 is 18.7. The second kappa shape index (κ2) is 6.38. The Morgan fingerprint density at radius 3 is 2.74 bits per heavy atom. The molecular formula is C16H24FNO. The number of methoxy groups -OCH3 is 1. The van der Waals surface area contributed by atoms with E-state index < -0.39 is 0 Å². The molecule has 0 heterocycles. The van der Waals surface area contributed by atoms with Crippen LogP contribution in [0.2, 0.25) is 0 Å². The molecule has 1 aromatic rings. The Morgan fingerprint density at radius 2 is 2.16 bits per heavy atom. The van der Waals surface area contributed by atoms with Gasteiger partial charge in [0, 0.05) is 6.04 Å². The van der Waals surface area contributed by atoms with Crippen molar-refractivity contribution in [2.75, 3.05) is 13.7 Å². The number of nitrogens with one attached hydrogen (secondary N) is 1. The molecule has 1 aromatic carbocycles. The van der Waals surface area contributed by atoms with Crippen molar-refractivity contribution < 1.29 is 9.13 Å². The topological polar surface area (TPSA) is 21.3 Å². The molecule has 0 amide bonds. The van der Waals surface area contributed by atoms with E-state index in [1.54, 1.807) is 12.1 Å². The Labute approximate surface area is 115 Å². The second-order valence-electron chi connectivity index (χ2n) is 5.37. The maximum atomic E-state index is 13.8. The van der Waals surface area contributed by atoms with Crippen molar-refractivity contribution in [2.24, 2.45) is 5.92 Å². The summed E-state index contributed by atoms with van der Waals surface area (Å²) in [6.45, 7) is 5.48. The number of rotatable bonds is 6. The second-order valence-corrected chi connectivity index (χ2v) is 5.37. The Kier molecular flexibility index (Phi) is 4.81. The third-order valence-corrected chi connectivity index (χ3v) is 4.27. The van der Waals surface area contributed by atoms with Crippen molar-refractivity contribution in [1.29, 1.82) is 0 Å². The summed E-state index contributed by atoms with van der Waals surface area (Å²) in [5, 5.41) is 3.59. The Morgan fingerprint density at radius 1 is 1.37 bits per heavy atom. The van der Waals surface area contributed by atoms with Gasteiger partial charge in [0.05, 0.1) is 7.11 Å². The Hall–Kier alpha value is -1.09. The van der Waals surface area contributed by atoms with E-state index in [0.717, 1.165) is 31.4 Å². The van der Waals surface area contributed by atoms with E-state index in [2.05, 4.69) is 19.2 Å². The highest BCUT2D eigenvalue weighted by Crippen LogP contribution is 2.45. The maximum Gasteiger partial charge on any atom is 0.165 e. The van der Waals surface area contributed by atoms with Crippen molar-refractivity contribution in [3.8, 4) is 5.75 Å². The molecular weight excluding hydrogens is 241 g/mol. The minimum Gasteiger partial charge on any atom is -0.494 e. The lowest BCUT2D eigenvalue weighted by atomic mass is 9.65. The summed E-state index contributed by atoms with van der Waals surface area (Å²) in [7, 11) is 1.50. The number of ether oxygens (including phenoxy) is 1. The van der Waals surface area contributed by atoms with Crippen LogP contribution in [-0.2, 0) is 0 Å². The van der Waals surface area contributed by atoms with Crippen LogP contribution in [0.4, 0.5) is 4.39 Å². The highest BCUT2D eigenvalue weighted by Gasteiger charge is 2.40. The lowest BCUT2D eigenvalue weighted by Crippen LogP contribution is -2.49. The number of halogens is 1. The molecule has 1 saturated carbocycles. The molecule has 2 rings (SSSR count). The summed E-state index contributed by atoms with van der Waals surface area (Å²) in [6, 6.07) is 5.98. The van der Waals surface area contributed by atoms with E-state index in [4.69, 9.17) is 4.74 Å². The van der Waals surface area contributed by atoms with Gasteiger partial charge in [-0.05, 0) is 48.9 Å². The molecule has 1 fully saturated rings. The average molecular weight is 265 g/mol. The lowest BCUT2D eigenvalue weighted by Gasteiger charge is -2.45. The van der Waals surface area contributed by atoms with E-state index in [9.17, 15) is 4.39 Å². The van der Waals surface area contributed by atoms with E-state index in [1.807, 2.05) is 6.07 Å². The van der Waals surface area contributed by atoms with Crippen LogP contribution in [0.25, 0.3) is 0 Å². The van der Waals surface area contributed by atoms with Crippen LogP contribution >= 0.6 is 0 Å². The van der Waals surface area contributed by atoms with Crippen LogP contribution in [-0.4, -0.2) is 19.7 Å². The molecule has 0 radical (unpaired) electrons. The zero-order valence-electron chi connectivity index (χ0n) is 12.1. The van der Waals surface area contributed by atoms with Crippen molar-refractivity contribution >= 4 is 0 Å². The average Bonchev–Trinajstić information content (AvgIpc) is 2.38. The quantitative estimate of drug-likeness (QED) is 0.846. The van der Waals surface area contributed by atoms with Gasteiger partial charge in [-0.1, -0.05) is 26.3 Å². The van der Waals surface area contributed by atoms with Gasteiger partial charge in [0.25, 0.3) is 0 Å². The lowest BCUT2D eigenvalue weighted by molar-refractivity contribution is 0.160. The van der Waals surface area contributed by atoms with Gasteiger partial charge in [0.2, 0.25) is 0 Å². The minimum absolute atomic E-state index is 0.250. The molecule has 106 valence electrons. The molecule has 3 heteroatoms. The Bertz CT molecular complexity index is 421. The summed E-state index contributed by atoms with van der Waals surface area (Å²) in [4.78, 5) is 0. The van der Waals surface area contributed by atoms with Crippen LogP contribution in [0.3, 0.4) is 0 Å². The SMILES string of the molecule is CCCNC1CC(c2ccc(OC)c(F)c2)C1CC. The Balaban J connectivity index is 2.05. The van der Waals surface area contributed by atoms with Gasteiger partial charge in [-0.2, -0.15) is 0 Å². The van der Waals surface area contributed by atoms with Gasteiger partial charge in [0.15, 0.2) is 11.6 Å². The first kappa shape index (κ1) is 14.3. The van der Waals surface area contributed by atoms with Gasteiger partial charge < -0.3 is 10.1 Å². The predicted octanol–water partition coefficient (Wildman–Crippen LogP) is 3.72. The van der Waals surface area contributed by atoms with Crippen molar-refractivity contribution in [1.82, 2.24) is 5.32 Å². The smallest absolute Gasteiger partial charge is 0.165 e. The first-order valence-electron chi connectivity index (χ1n) is 7.28. The fraction of sp³-hybridized carbons (Fsp3) is 0.625. The van der Waals surface area contributed by atoms with Crippen molar-refractivity contribution in [3.63, 3.8) is 0 Å². The fourth-order valence-corrected chi connectivity index (χ4v) is 3.14. The third-order valence-electron chi connectivity index (χ3n) is 4.27. The molecule has 3 atom stereocenters. The van der Waals surface area contributed by atoms with E-state index >= 15 is 0 Å². The zero-order chi connectivity index (χ0) is 13.8. The van der Waals surface area contributed by atoms with Gasteiger partial charge in [-0.25, -0.2) is 4.39 Å². The van der Waals surface area contributed by atoms with E-state index in [-0.39, 0.29) is 5.82 Å². The first-order valence-corrected chi connectivity index (χ1v) is 7.28. The van der Waals surface area contributed by atoms with Crippen molar-refractivity contribution in [2.45, 2.75) is 45.1 Å². The summed E-state index contributed by atoms with van der Waals surface area (Å²) in [5.41, 5.74) is 1.11. The molecule has 0 spiro atoms. The number of benzene rings is 1. The third kappa shape index (κ3) is 2.92. The highest BCUT2D eigenvalue weighted by atomic mass is 19.1. The van der Waals surface area contributed by atoms with Gasteiger partial charge >= 0.3 is 0 Å². The van der Waals surface area contributed by atoms with Crippen LogP contribution in [0.5, 0.6) is 5.75 Å². The first-order chi connectivity index (χ1) is 9.21. The van der Waals surface area contributed by atoms with E-state index in [1.165, 1.54) is 7.11 Å². The van der Waals surface area contributed by atoms with Crippen LogP contribution < -0.4 is 10.1 Å². The molecule has 0 saturated heterocycles. The maximum absolute atomic E-state index is 13.8. The number of hydrogen-bond donors (Lipinski definition) is 1. The monoisotopic (exact) mass is 265 g/mol. The van der Waals surface area contributed by atoms with E-state index in [0.29, 0.717) is 23.6 Å². The minimum atomic E-state index is -0.250.